The van der Waals surface area contributed by atoms with Crippen molar-refractivity contribution in [2.75, 3.05) is 7.05 Å². The molecule has 13 heavy (non-hydrogen) atoms. The Kier molecular flexibility index (Phi) is 3.05. The van der Waals surface area contributed by atoms with Crippen molar-refractivity contribution in [2.24, 2.45) is 0 Å². The second-order valence-corrected chi connectivity index (χ2v) is 4.99. The highest BCUT2D eigenvalue weighted by Gasteiger charge is 2.15. The van der Waals surface area contributed by atoms with E-state index in [4.69, 9.17) is 0 Å². The van der Waals surface area contributed by atoms with Gasteiger partial charge < -0.3 is 0 Å². The monoisotopic (exact) mass is 267 g/mol. The normalized spacial score (nSPS) is 11.6. The van der Waals surface area contributed by atoms with Crippen LogP contribution in [-0.2, 0) is 10.0 Å². The molecule has 0 aromatic heterocycles. The SMILES string of the molecule is CNS(=O)(=O)c1ccc(F)cc1Br. The highest BCUT2D eigenvalue weighted by Crippen LogP contribution is 2.22. The maximum atomic E-state index is 12.6. The lowest BCUT2D eigenvalue weighted by Gasteiger charge is -2.04. The van der Waals surface area contributed by atoms with Crippen molar-refractivity contribution < 1.29 is 12.8 Å². The number of sulfonamides is 1. The van der Waals surface area contributed by atoms with Crippen LogP contribution in [0, 0.1) is 5.82 Å². The van der Waals surface area contributed by atoms with Crippen LogP contribution in [0.5, 0.6) is 0 Å². The summed E-state index contributed by atoms with van der Waals surface area (Å²) in [5, 5.41) is 0. The van der Waals surface area contributed by atoms with Gasteiger partial charge in [-0.25, -0.2) is 17.5 Å². The van der Waals surface area contributed by atoms with Gasteiger partial charge in [0.05, 0.1) is 4.90 Å². The van der Waals surface area contributed by atoms with E-state index in [0.29, 0.717) is 0 Å². The van der Waals surface area contributed by atoms with Crippen LogP contribution in [0.3, 0.4) is 0 Å². The molecule has 0 aliphatic rings. The molecule has 72 valence electrons. The van der Waals surface area contributed by atoms with Gasteiger partial charge in [-0.05, 0) is 41.2 Å². The van der Waals surface area contributed by atoms with Crippen molar-refractivity contribution in [1.82, 2.24) is 4.72 Å². The summed E-state index contributed by atoms with van der Waals surface area (Å²) in [4.78, 5) is 0.0244. The summed E-state index contributed by atoms with van der Waals surface area (Å²) in [7, 11) is -2.21. The molecule has 0 unspecified atom stereocenters. The van der Waals surface area contributed by atoms with E-state index in [2.05, 4.69) is 20.7 Å². The van der Waals surface area contributed by atoms with Crippen LogP contribution in [0.2, 0.25) is 0 Å². The van der Waals surface area contributed by atoms with Crippen molar-refractivity contribution in [3.8, 4) is 0 Å². The standard InChI is InChI=1S/C7H7BrFNO2S/c1-10-13(11,12)7-3-2-5(9)4-6(7)8/h2-4,10H,1H3. The summed E-state index contributed by atoms with van der Waals surface area (Å²) >= 11 is 2.96. The predicted molar refractivity (Wildman–Crippen MR) is 50.3 cm³/mol. The minimum absolute atomic E-state index is 0.0244. The Hall–Kier alpha value is -0.460. The van der Waals surface area contributed by atoms with Gasteiger partial charge in [0.1, 0.15) is 5.82 Å². The zero-order valence-corrected chi connectivity index (χ0v) is 9.12. The van der Waals surface area contributed by atoms with E-state index in [1.807, 2.05) is 0 Å². The van der Waals surface area contributed by atoms with Gasteiger partial charge in [0.25, 0.3) is 0 Å². The first-order valence-electron chi connectivity index (χ1n) is 3.36. The van der Waals surface area contributed by atoms with E-state index in [-0.39, 0.29) is 9.37 Å². The summed E-state index contributed by atoms with van der Waals surface area (Å²) in [6.45, 7) is 0. The molecular weight excluding hydrogens is 261 g/mol. The van der Waals surface area contributed by atoms with E-state index in [1.54, 1.807) is 0 Å². The summed E-state index contributed by atoms with van der Waals surface area (Å²) in [6.07, 6.45) is 0. The first kappa shape index (κ1) is 10.6. The Balaban J connectivity index is 3.33. The summed E-state index contributed by atoms with van der Waals surface area (Å²) in [5.74, 6) is -0.484. The molecule has 1 aromatic carbocycles. The molecule has 1 aromatic rings. The molecule has 3 nitrogen and oxygen atoms in total. The summed E-state index contributed by atoms with van der Waals surface area (Å²) in [5.41, 5.74) is 0. The molecule has 0 saturated carbocycles. The third kappa shape index (κ3) is 2.26. The largest absolute Gasteiger partial charge is 0.241 e. The van der Waals surface area contributed by atoms with Crippen LogP contribution in [0.1, 0.15) is 0 Å². The topological polar surface area (TPSA) is 46.2 Å². The Morgan fingerprint density at radius 1 is 1.46 bits per heavy atom. The lowest BCUT2D eigenvalue weighted by Crippen LogP contribution is -2.19. The van der Waals surface area contributed by atoms with Gasteiger partial charge in [-0.1, -0.05) is 0 Å². The zero-order chi connectivity index (χ0) is 10.1. The molecule has 0 aliphatic heterocycles. The van der Waals surface area contributed by atoms with Gasteiger partial charge in [-0.2, -0.15) is 0 Å². The summed E-state index contributed by atoms with van der Waals surface area (Å²) in [6, 6.07) is 3.39. The zero-order valence-electron chi connectivity index (χ0n) is 6.71. The van der Waals surface area contributed by atoms with Crippen LogP contribution in [0.25, 0.3) is 0 Å². The van der Waals surface area contributed by atoms with Crippen molar-refractivity contribution in [2.45, 2.75) is 4.90 Å². The molecule has 1 rings (SSSR count). The molecule has 0 atom stereocenters. The molecule has 0 heterocycles. The third-order valence-corrected chi connectivity index (χ3v) is 3.84. The van der Waals surface area contributed by atoms with Crippen LogP contribution in [-0.4, -0.2) is 15.5 Å². The van der Waals surface area contributed by atoms with Crippen LogP contribution >= 0.6 is 15.9 Å². The predicted octanol–water partition coefficient (Wildman–Crippen LogP) is 1.50. The number of rotatable bonds is 2. The lowest BCUT2D eigenvalue weighted by atomic mass is 10.3. The second-order valence-electron chi connectivity index (χ2n) is 2.28. The highest BCUT2D eigenvalue weighted by atomic mass is 79.9. The van der Waals surface area contributed by atoms with E-state index in [0.717, 1.165) is 12.1 Å². The molecule has 0 amide bonds. The molecule has 6 heteroatoms. The van der Waals surface area contributed by atoms with E-state index in [1.165, 1.54) is 13.1 Å². The minimum atomic E-state index is -3.51. The van der Waals surface area contributed by atoms with Gasteiger partial charge in [-0.15, -0.1) is 0 Å². The first-order valence-corrected chi connectivity index (χ1v) is 5.63. The first-order chi connectivity index (χ1) is 5.97. The Morgan fingerprint density at radius 2 is 2.08 bits per heavy atom. The number of halogens is 2. The van der Waals surface area contributed by atoms with Crippen molar-refractivity contribution in [1.29, 1.82) is 0 Å². The quantitative estimate of drug-likeness (QED) is 0.883. The molecule has 1 N–H and O–H groups in total. The van der Waals surface area contributed by atoms with E-state index < -0.39 is 15.8 Å². The van der Waals surface area contributed by atoms with Gasteiger partial charge >= 0.3 is 0 Å². The van der Waals surface area contributed by atoms with Gasteiger partial charge in [-0.3, -0.25) is 0 Å². The Bertz CT molecular complexity index is 419. The number of hydrogen-bond donors (Lipinski definition) is 1. The van der Waals surface area contributed by atoms with Crippen molar-refractivity contribution >= 4 is 26.0 Å². The average Bonchev–Trinajstić information content (AvgIpc) is 2.03. The number of nitrogens with one attached hydrogen (secondary N) is 1. The molecule has 0 fully saturated rings. The maximum Gasteiger partial charge on any atom is 0.241 e. The fourth-order valence-electron chi connectivity index (χ4n) is 0.803. The van der Waals surface area contributed by atoms with E-state index in [9.17, 15) is 12.8 Å². The van der Waals surface area contributed by atoms with Crippen molar-refractivity contribution in [3.05, 3.63) is 28.5 Å². The van der Waals surface area contributed by atoms with Gasteiger partial charge in [0.2, 0.25) is 10.0 Å². The molecule has 0 bridgehead atoms. The number of hydrogen-bond acceptors (Lipinski definition) is 2. The average molecular weight is 268 g/mol. The Labute approximate surface area is 84.1 Å². The molecule has 0 saturated heterocycles. The molecule has 0 spiro atoms. The fraction of sp³-hybridized carbons (Fsp3) is 0.143. The molecule has 0 aliphatic carbocycles. The second kappa shape index (κ2) is 3.73. The smallest absolute Gasteiger partial charge is 0.214 e. The fourth-order valence-corrected chi connectivity index (χ4v) is 2.58. The lowest BCUT2D eigenvalue weighted by molar-refractivity contribution is 0.586. The molecule has 0 radical (unpaired) electrons. The summed E-state index contributed by atoms with van der Waals surface area (Å²) < 4.78 is 37.5. The third-order valence-electron chi connectivity index (χ3n) is 1.45. The Morgan fingerprint density at radius 3 is 2.54 bits per heavy atom. The maximum absolute atomic E-state index is 12.6. The van der Waals surface area contributed by atoms with E-state index >= 15 is 0 Å². The number of benzene rings is 1. The van der Waals surface area contributed by atoms with Gasteiger partial charge in [0, 0.05) is 4.47 Å². The molecular formula is C7H7BrFNO2S. The minimum Gasteiger partial charge on any atom is -0.214 e. The van der Waals surface area contributed by atoms with Gasteiger partial charge in [0.15, 0.2) is 0 Å². The van der Waals surface area contributed by atoms with Crippen LogP contribution < -0.4 is 4.72 Å². The van der Waals surface area contributed by atoms with Crippen LogP contribution in [0.15, 0.2) is 27.6 Å². The highest BCUT2D eigenvalue weighted by molar-refractivity contribution is 9.10. The van der Waals surface area contributed by atoms with Crippen LogP contribution in [0.4, 0.5) is 4.39 Å². The van der Waals surface area contributed by atoms with Crippen molar-refractivity contribution in [3.63, 3.8) is 0 Å².